The van der Waals surface area contributed by atoms with Gasteiger partial charge in [-0.3, -0.25) is 4.90 Å². The van der Waals surface area contributed by atoms with Gasteiger partial charge < -0.3 is 9.64 Å². The molecule has 0 aromatic heterocycles. The molecule has 1 fully saturated rings. The van der Waals surface area contributed by atoms with Crippen LogP contribution in [0.25, 0.3) is 11.1 Å². The molecule has 29 heavy (non-hydrogen) atoms. The van der Waals surface area contributed by atoms with E-state index in [1.165, 1.54) is 11.3 Å². The third kappa shape index (κ3) is 4.26. The first-order chi connectivity index (χ1) is 14.3. The minimum atomic E-state index is 0.715. The number of ether oxygens (including phenoxy) is 1. The summed E-state index contributed by atoms with van der Waals surface area (Å²) in [6.45, 7) is 4.98. The zero-order chi connectivity index (χ0) is 20.1. The molecule has 0 N–H and O–H groups in total. The fourth-order valence-corrected chi connectivity index (χ4v) is 3.92. The van der Waals surface area contributed by atoms with Crippen LogP contribution in [-0.2, 0) is 6.54 Å². The minimum absolute atomic E-state index is 0.715. The molecule has 0 unspecified atom stereocenters. The smallest absolute Gasteiger partial charge is 0.142 e. The Morgan fingerprint density at radius 3 is 2.28 bits per heavy atom. The molecule has 4 heteroatoms. The van der Waals surface area contributed by atoms with E-state index in [1.54, 1.807) is 7.11 Å². The lowest BCUT2D eigenvalue weighted by atomic mass is 9.99. The molecule has 1 heterocycles. The highest BCUT2D eigenvalue weighted by molar-refractivity contribution is 5.70. The average Bonchev–Trinajstić information content (AvgIpc) is 2.80. The van der Waals surface area contributed by atoms with Gasteiger partial charge in [-0.2, -0.15) is 5.26 Å². The standard InChI is InChI=1S/C25H25N3O/c1-29-25-9-5-4-8-24(25)28-16-14-27(15-17-28)19-20-10-12-21(13-11-20)23-7-3-2-6-22(23)18-26/h2-13H,14-17,19H2,1H3. The Labute approximate surface area is 172 Å². The second-order valence-corrected chi connectivity index (χ2v) is 7.29. The predicted octanol–water partition coefficient (Wildman–Crippen LogP) is 4.56. The molecule has 0 atom stereocenters. The van der Waals surface area contributed by atoms with Crippen molar-refractivity contribution >= 4 is 5.69 Å². The van der Waals surface area contributed by atoms with Crippen molar-refractivity contribution in [3.05, 3.63) is 83.9 Å². The highest BCUT2D eigenvalue weighted by atomic mass is 16.5. The van der Waals surface area contributed by atoms with Crippen LogP contribution in [0.4, 0.5) is 5.69 Å². The number of nitrogens with zero attached hydrogens (tertiary/aromatic N) is 3. The van der Waals surface area contributed by atoms with Crippen LogP contribution in [0.2, 0.25) is 0 Å². The SMILES string of the molecule is COc1ccccc1N1CCN(Cc2ccc(-c3ccccc3C#N)cc2)CC1. The summed E-state index contributed by atoms with van der Waals surface area (Å²) >= 11 is 0. The van der Waals surface area contributed by atoms with Crippen LogP contribution in [0.5, 0.6) is 5.75 Å². The fourth-order valence-electron chi connectivity index (χ4n) is 3.92. The molecule has 1 aliphatic rings. The van der Waals surface area contributed by atoms with E-state index in [4.69, 9.17) is 4.74 Å². The van der Waals surface area contributed by atoms with Gasteiger partial charge in [0.05, 0.1) is 24.4 Å². The monoisotopic (exact) mass is 383 g/mol. The Hall–Kier alpha value is -3.29. The first-order valence-electron chi connectivity index (χ1n) is 9.97. The maximum absolute atomic E-state index is 9.32. The van der Waals surface area contributed by atoms with Crippen LogP contribution < -0.4 is 9.64 Å². The van der Waals surface area contributed by atoms with Crippen LogP contribution in [0.15, 0.2) is 72.8 Å². The quantitative estimate of drug-likeness (QED) is 0.648. The lowest BCUT2D eigenvalue weighted by Crippen LogP contribution is -2.46. The first kappa shape index (κ1) is 19.0. The van der Waals surface area contributed by atoms with Gasteiger partial charge in [0.2, 0.25) is 0 Å². The predicted molar refractivity (Wildman–Crippen MR) is 117 cm³/mol. The number of nitriles is 1. The van der Waals surface area contributed by atoms with Gasteiger partial charge >= 0.3 is 0 Å². The van der Waals surface area contributed by atoms with Crippen LogP contribution in [0.3, 0.4) is 0 Å². The molecule has 4 rings (SSSR count). The van der Waals surface area contributed by atoms with Crippen molar-refractivity contribution in [2.45, 2.75) is 6.54 Å². The molecular formula is C25H25N3O. The van der Waals surface area contributed by atoms with Gasteiger partial charge in [0, 0.05) is 32.7 Å². The summed E-state index contributed by atoms with van der Waals surface area (Å²) in [5.41, 5.74) is 5.27. The number of hydrogen-bond donors (Lipinski definition) is 0. The van der Waals surface area contributed by atoms with Crippen molar-refractivity contribution in [3.8, 4) is 22.9 Å². The molecule has 146 valence electrons. The largest absolute Gasteiger partial charge is 0.495 e. The summed E-state index contributed by atoms with van der Waals surface area (Å²) < 4.78 is 5.51. The molecule has 0 spiro atoms. The Morgan fingerprint density at radius 1 is 0.862 bits per heavy atom. The molecule has 3 aromatic rings. The van der Waals surface area contributed by atoms with E-state index >= 15 is 0 Å². The summed E-state index contributed by atoms with van der Waals surface area (Å²) in [6.07, 6.45) is 0. The third-order valence-electron chi connectivity index (χ3n) is 5.52. The number of hydrogen-bond acceptors (Lipinski definition) is 4. The van der Waals surface area contributed by atoms with Gasteiger partial charge in [0.15, 0.2) is 0 Å². The molecule has 1 saturated heterocycles. The van der Waals surface area contributed by atoms with E-state index in [2.05, 4.69) is 52.3 Å². The number of benzene rings is 3. The Bertz CT molecular complexity index is 999. The number of anilines is 1. The van der Waals surface area contributed by atoms with Gasteiger partial charge in [0.25, 0.3) is 0 Å². The third-order valence-corrected chi connectivity index (χ3v) is 5.52. The van der Waals surface area contributed by atoms with Crippen molar-refractivity contribution in [2.75, 3.05) is 38.2 Å². The second kappa shape index (κ2) is 8.81. The number of rotatable bonds is 5. The number of methoxy groups -OCH3 is 1. The van der Waals surface area contributed by atoms with Crippen LogP contribution in [-0.4, -0.2) is 38.2 Å². The van der Waals surface area contributed by atoms with E-state index in [-0.39, 0.29) is 0 Å². The van der Waals surface area contributed by atoms with Crippen molar-refractivity contribution in [1.29, 1.82) is 5.26 Å². The van der Waals surface area contributed by atoms with Gasteiger partial charge in [-0.05, 0) is 34.9 Å². The molecule has 4 nitrogen and oxygen atoms in total. The Morgan fingerprint density at radius 2 is 1.55 bits per heavy atom. The minimum Gasteiger partial charge on any atom is -0.495 e. The summed E-state index contributed by atoms with van der Waals surface area (Å²) in [7, 11) is 1.73. The molecular weight excluding hydrogens is 358 g/mol. The molecule has 0 saturated carbocycles. The van der Waals surface area contributed by atoms with E-state index in [9.17, 15) is 5.26 Å². The zero-order valence-corrected chi connectivity index (χ0v) is 16.7. The van der Waals surface area contributed by atoms with Crippen LogP contribution in [0.1, 0.15) is 11.1 Å². The van der Waals surface area contributed by atoms with E-state index < -0.39 is 0 Å². The second-order valence-electron chi connectivity index (χ2n) is 7.29. The van der Waals surface area contributed by atoms with Gasteiger partial charge in [-0.25, -0.2) is 0 Å². The molecule has 1 aliphatic heterocycles. The number of piperazine rings is 1. The lowest BCUT2D eigenvalue weighted by Gasteiger charge is -2.36. The van der Waals surface area contributed by atoms with Gasteiger partial charge in [0.1, 0.15) is 5.75 Å². The number of para-hydroxylation sites is 2. The fraction of sp³-hybridized carbons (Fsp3) is 0.240. The molecule has 0 radical (unpaired) electrons. The molecule has 0 bridgehead atoms. The Kier molecular flexibility index (Phi) is 5.79. The lowest BCUT2D eigenvalue weighted by molar-refractivity contribution is 0.249. The highest BCUT2D eigenvalue weighted by Crippen LogP contribution is 2.29. The van der Waals surface area contributed by atoms with E-state index in [0.717, 1.165) is 49.6 Å². The average molecular weight is 383 g/mol. The zero-order valence-electron chi connectivity index (χ0n) is 16.7. The normalized spacial score (nSPS) is 14.4. The van der Waals surface area contributed by atoms with Crippen molar-refractivity contribution in [1.82, 2.24) is 4.90 Å². The van der Waals surface area contributed by atoms with Crippen LogP contribution >= 0.6 is 0 Å². The maximum atomic E-state index is 9.32. The molecule has 0 amide bonds. The van der Waals surface area contributed by atoms with E-state index in [0.29, 0.717) is 5.56 Å². The topological polar surface area (TPSA) is 39.5 Å². The summed E-state index contributed by atoms with van der Waals surface area (Å²) in [5.74, 6) is 0.939. The Balaban J connectivity index is 1.38. The summed E-state index contributed by atoms with van der Waals surface area (Å²) in [4.78, 5) is 4.89. The molecule has 0 aliphatic carbocycles. The molecule has 3 aromatic carbocycles. The van der Waals surface area contributed by atoms with Crippen molar-refractivity contribution in [3.63, 3.8) is 0 Å². The summed E-state index contributed by atoms with van der Waals surface area (Å²) in [6, 6.07) is 26.9. The van der Waals surface area contributed by atoms with Gasteiger partial charge in [-0.1, -0.05) is 54.6 Å². The van der Waals surface area contributed by atoms with E-state index in [1.807, 2.05) is 36.4 Å². The van der Waals surface area contributed by atoms with Gasteiger partial charge in [-0.15, -0.1) is 0 Å². The van der Waals surface area contributed by atoms with Crippen LogP contribution in [0, 0.1) is 11.3 Å². The highest BCUT2D eigenvalue weighted by Gasteiger charge is 2.19. The summed E-state index contributed by atoms with van der Waals surface area (Å²) in [5, 5.41) is 9.32. The van der Waals surface area contributed by atoms with Crippen molar-refractivity contribution in [2.24, 2.45) is 0 Å². The first-order valence-corrected chi connectivity index (χ1v) is 9.97. The van der Waals surface area contributed by atoms with Crippen molar-refractivity contribution < 1.29 is 4.74 Å². The maximum Gasteiger partial charge on any atom is 0.142 e.